The number of nitrogens with zero attached hydrogens (tertiary/aromatic N) is 4. The number of oxazole rings is 1. The lowest BCUT2D eigenvalue weighted by atomic mass is 9.79. The summed E-state index contributed by atoms with van der Waals surface area (Å²) < 4.78 is 18.9. The molecule has 1 aromatic carbocycles. The molecule has 33 heavy (non-hydrogen) atoms. The van der Waals surface area contributed by atoms with E-state index in [0.717, 1.165) is 0 Å². The predicted molar refractivity (Wildman–Crippen MR) is 122 cm³/mol. The van der Waals surface area contributed by atoms with Gasteiger partial charge < -0.3 is 15.3 Å². The van der Waals surface area contributed by atoms with Crippen molar-refractivity contribution in [3.63, 3.8) is 0 Å². The number of thioether (sulfide) groups is 1. The summed E-state index contributed by atoms with van der Waals surface area (Å²) in [5.41, 5.74) is 8.39. The first-order chi connectivity index (χ1) is 15.9. The highest BCUT2D eigenvalue weighted by Gasteiger charge is 2.29. The zero-order chi connectivity index (χ0) is 23.5. The molecular weight excluding hydrogens is 465 g/mol. The van der Waals surface area contributed by atoms with E-state index >= 15 is 0 Å². The van der Waals surface area contributed by atoms with Crippen LogP contribution in [0.4, 0.5) is 10.2 Å². The third-order valence-corrected chi connectivity index (χ3v) is 6.93. The molecule has 0 saturated heterocycles. The second-order valence-corrected chi connectivity index (χ2v) is 9.13. The number of hydrogen-bond acceptors (Lipinski definition) is 8. The lowest BCUT2D eigenvalue weighted by Crippen LogP contribution is -2.19. The number of nitrogen functional groups attached to an aromatic ring is 1. The molecule has 0 bridgehead atoms. The van der Waals surface area contributed by atoms with Crippen LogP contribution >= 0.6 is 23.4 Å². The smallest absolute Gasteiger partial charge is 0.226 e. The molecule has 1 aliphatic rings. The summed E-state index contributed by atoms with van der Waals surface area (Å²) in [7, 11) is 0. The van der Waals surface area contributed by atoms with Gasteiger partial charge in [0.15, 0.2) is 0 Å². The number of benzene rings is 1. The Labute approximate surface area is 199 Å². The maximum absolute atomic E-state index is 13.4. The summed E-state index contributed by atoms with van der Waals surface area (Å²) in [6, 6.07) is 8.51. The number of halogens is 2. The van der Waals surface area contributed by atoms with E-state index in [0.29, 0.717) is 64.7 Å². The molecule has 3 N–H and O–H groups in total. The fourth-order valence-electron chi connectivity index (χ4n) is 3.98. The number of nitriles is 2. The van der Waals surface area contributed by atoms with Crippen LogP contribution in [-0.2, 0) is 5.75 Å². The van der Waals surface area contributed by atoms with Crippen molar-refractivity contribution in [1.29, 1.82) is 10.5 Å². The molecule has 0 spiro atoms. The Hall–Kier alpha value is -3.11. The monoisotopic (exact) mass is 483 g/mol. The average molecular weight is 484 g/mol. The molecule has 2 heterocycles. The Bertz CT molecular complexity index is 1280. The van der Waals surface area contributed by atoms with Crippen molar-refractivity contribution in [1.82, 2.24) is 9.97 Å². The lowest BCUT2D eigenvalue weighted by molar-refractivity contribution is 0.122. The average Bonchev–Trinajstić information content (AvgIpc) is 3.28. The van der Waals surface area contributed by atoms with Gasteiger partial charge in [-0.15, -0.1) is 0 Å². The van der Waals surface area contributed by atoms with E-state index in [4.69, 9.17) is 21.8 Å². The van der Waals surface area contributed by atoms with Crippen LogP contribution in [0.15, 0.2) is 33.9 Å². The molecule has 0 amide bonds. The van der Waals surface area contributed by atoms with Gasteiger partial charge in [0, 0.05) is 11.3 Å². The van der Waals surface area contributed by atoms with E-state index in [1.807, 2.05) is 0 Å². The largest absolute Gasteiger partial charge is 0.444 e. The van der Waals surface area contributed by atoms with Crippen LogP contribution in [0.3, 0.4) is 0 Å². The molecule has 168 valence electrons. The van der Waals surface area contributed by atoms with Crippen molar-refractivity contribution >= 4 is 29.2 Å². The Morgan fingerprint density at radius 3 is 2.58 bits per heavy atom. The first-order valence-corrected chi connectivity index (χ1v) is 11.6. The van der Waals surface area contributed by atoms with Gasteiger partial charge in [0.05, 0.1) is 27.9 Å². The maximum atomic E-state index is 13.4. The first kappa shape index (κ1) is 23.1. The molecule has 0 unspecified atom stereocenters. The molecular formula is C23H19ClFN5O2S. The van der Waals surface area contributed by atoms with Crippen LogP contribution in [0.5, 0.6) is 0 Å². The first-order valence-electron chi connectivity index (χ1n) is 10.3. The third kappa shape index (κ3) is 4.81. The topological polar surface area (TPSA) is 133 Å². The van der Waals surface area contributed by atoms with Gasteiger partial charge in [-0.1, -0.05) is 23.4 Å². The van der Waals surface area contributed by atoms with E-state index in [1.165, 1.54) is 36.2 Å². The molecule has 0 aliphatic heterocycles. The minimum absolute atomic E-state index is 0.0275. The molecule has 4 rings (SSSR count). The van der Waals surface area contributed by atoms with Gasteiger partial charge >= 0.3 is 0 Å². The molecule has 0 atom stereocenters. The highest BCUT2D eigenvalue weighted by atomic mass is 35.5. The zero-order valence-corrected chi connectivity index (χ0v) is 19.0. The number of nitrogens with two attached hydrogens (primary N) is 1. The van der Waals surface area contributed by atoms with Gasteiger partial charge in [0.2, 0.25) is 5.89 Å². The SMILES string of the molecule is N#Cc1c(N)nc(SCc2coc(-c3ccc(F)c(Cl)c3)n2)c(C#N)c1C1CCC(O)CC1. The fraction of sp³-hybridized carbons (Fsp3) is 0.304. The summed E-state index contributed by atoms with van der Waals surface area (Å²) in [6.45, 7) is 0. The summed E-state index contributed by atoms with van der Waals surface area (Å²) in [6.07, 6.45) is 3.68. The minimum atomic E-state index is -0.528. The molecule has 7 nitrogen and oxygen atoms in total. The van der Waals surface area contributed by atoms with Gasteiger partial charge in [-0.05, 0) is 55.4 Å². The van der Waals surface area contributed by atoms with Crippen LogP contribution in [0.2, 0.25) is 5.02 Å². The Kier molecular flexibility index (Phi) is 6.85. The number of aromatic nitrogens is 2. The number of pyridine rings is 1. The Morgan fingerprint density at radius 1 is 1.18 bits per heavy atom. The number of anilines is 1. The summed E-state index contributed by atoms with van der Waals surface area (Å²) in [5.74, 6) is 0.154. The van der Waals surface area contributed by atoms with Crippen LogP contribution in [0.25, 0.3) is 11.5 Å². The molecule has 1 aliphatic carbocycles. The summed E-state index contributed by atoms with van der Waals surface area (Å²) in [5, 5.41) is 29.8. The van der Waals surface area contributed by atoms with Gasteiger partial charge in [-0.3, -0.25) is 0 Å². The van der Waals surface area contributed by atoms with Crippen molar-refractivity contribution < 1.29 is 13.9 Å². The van der Waals surface area contributed by atoms with Crippen molar-refractivity contribution in [3.05, 3.63) is 57.7 Å². The van der Waals surface area contributed by atoms with Crippen molar-refractivity contribution in [3.8, 4) is 23.6 Å². The molecule has 3 aromatic rings. The predicted octanol–water partition coefficient (Wildman–Crippen LogP) is 5.17. The second kappa shape index (κ2) is 9.80. The second-order valence-electron chi connectivity index (χ2n) is 7.76. The highest BCUT2D eigenvalue weighted by molar-refractivity contribution is 7.98. The van der Waals surface area contributed by atoms with Gasteiger partial charge in [-0.25, -0.2) is 14.4 Å². The fourth-order valence-corrected chi connectivity index (χ4v) is 5.04. The van der Waals surface area contributed by atoms with E-state index in [1.54, 1.807) is 0 Å². The molecule has 0 radical (unpaired) electrons. The van der Waals surface area contributed by atoms with Crippen LogP contribution in [0, 0.1) is 28.5 Å². The summed E-state index contributed by atoms with van der Waals surface area (Å²) >= 11 is 7.11. The standard InChI is InChI=1S/C23H19ClFN5O2S/c24-18-7-13(3-6-19(18)25)22-29-14(10-32-22)11-33-23-17(9-27)20(16(8-26)21(28)30-23)12-1-4-15(31)5-2-12/h3,6-7,10,12,15,31H,1-2,4-5,11H2,(H2,28,30). The van der Waals surface area contributed by atoms with Gasteiger partial charge in [0.1, 0.15) is 35.1 Å². The number of rotatable bonds is 5. The van der Waals surface area contributed by atoms with Gasteiger partial charge in [-0.2, -0.15) is 10.5 Å². The molecule has 10 heteroatoms. The van der Waals surface area contributed by atoms with E-state index in [-0.39, 0.29) is 28.4 Å². The quantitative estimate of drug-likeness (QED) is 0.475. The molecule has 1 fully saturated rings. The highest BCUT2D eigenvalue weighted by Crippen LogP contribution is 2.40. The van der Waals surface area contributed by atoms with Crippen molar-refractivity contribution in [2.75, 3.05) is 5.73 Å². The minimum Gasteiger partial charge on any atom is -0.444 e. The number of aliphatic hydroxyl groups excluding tert-OH is 1. The third-order valence-electron chi connectivity index (χ3n) is 5.63. The number of aliphatic hydroxyl groups is 1. The lowest BCUT2D eigenvalue weighted by Gasteiger charge is -2.27. The van der Waals surface area contributed by atoms with Crippen LogP contribution in [-0.4, -0.2) is 21.2 Å². The summed E-state index contributed by atoms with van der Waals surface area (Å²) in [4.78, 5) is 8.72. The van der Waals surface area contributed by atoms with E-state index in [9.17, 15) is 20.0 Å². The van der Waals surface area contributed by atoms with E-state index in [2.05, 4.69) is 22.1 Å². The normalized spacial score (nSPS) is 18.0. The number of hydrogen-bond donors (Lipinski definition) is 2. The Morgan fingerprint density at radius 2 is 1.91 bits per heavy atom. The van der Waals surface area contributed by atoms with Crippen LogP contribution in [0.1, 0.15) is 54.0 Å². The van der Waals surface area contributed by atoms with Crippen LogP contribution < -0.4 is 5.73 Å². The van der Waals surface area contributed by atoms with Crippen molar-refractivity contribution in [2.24, 2.45) is 0 Å². The molecule has 2 aromatic heterocycles. The molecule has 1 saturated carbocycles. The van der Waals surface area contributed by atoms with Crippen molar-refractivity contribution in [2.45, 2.75) is 48.5 Å². The Balaban J connectivity index is 1.60. The van der Waals surface area contributed by atoms with E-state index < -0.39 is 5.82 Å². The maximum Gasteiger partial charge on any atom is 0.226 e. The van der Waals surface area contributed by atoms with Gasteiger partial charge in [0.25, 0.3) is 0 Å². The zero-order valence-electron chi connectivity index (χ0n) is 17.4.